The van der Waals surface area contributed by atoms with Crippen molar-refractivity contribution in [1.82, 2.24) is 4.31 Å². The van der Waals surface area contributed by atoms with Crippen LogP contribution in [0.25, 0.3) is 0 Å². The lowest BCUT2D eigenvalue weighted by Gasteiger charge is -2.14. The van der Waals surface area contributed by atoms with E-state index < -0.39 is 20.0 Å². The predicted molar refractivity (Wildman–Crippen MR) is 94.6 cm³/mol. The number of nitrogens with one attached hydrogen (secondary N) is 1. The van der Waals surface area contributed by atoms with Gasteiger partial charge in [-0.2, -0.15) is 0 Å². The number of hydrogen-bond acceptors (Lipinski definition) is 4. The third kappa shape index (κ3) is 4.01. The molecule has 0 unspecified atom stereocenters. The van der Waals surface area contributed by atoms with Crippen molar-refractivity contribution in [2.75, 3.05) is 18.8 Å². The van der Waals surface area contributed by atoms with Gasteiger partial charge in [0.15, 0.2) is 0 Å². The summed E-state index contributed by atoms with van der Waals surface area (Å²) in [5.74, 6) is 0. The van der Waals surface area contributed by atoms with Gasteiger partial charge in [0.25, 0.3) is 10.0 Å². The molecule has 0 spiro atoms. The minimum Gasteiger partial charge on any atom is -0.280 e. The van der Waals surface area contributed by atoms with Crippen molar-refractivity contribution in [2.45, 2.75) is 9.79 Å². The zero-order chi connectivity index (χ0) is 18.1. The molecule has 0 aliphatic rings. The van der Waals surface area contributed by atoms with E-state index in [0.717, 1.165) is 4.31 Å². The largest absolute Gasteiger partial charge is 0.280 e. The predicted octanol–water partition coefficient (Wildman–Crippen LogP) is 3.04. The summed E-state index contributed by atoms with van der Waals surface area (Å²) in [6.45, 7) is 0. The molecule has 10 heteroatoms. The fraction of sp³-hybridized carbons (Fsp3) is 0.143. The van der Waals surface area contributed by atoms with Crippen LogP contribution in [0, 0.1) is 0 Å². The van der Waals surface area contributed by atoms with Gasteiger partial charge < -0.3 is 0 Å². The fourth-order valence-corrected chi connectivity index (χ4v) is 4.59. The molecule has 2 aromatic rings. The van der Waals surface area contributed by atoms with E-state index in [-0.39, 0.29) is 25.5 Å². The third-order valence-corrected chi connectivity index (χ3v) is 6.96. The molecular weight excluding hydrogens is 395 g/mol. The van der Waals surface area contributed by atoms with Crippen molar-refractivity contribution in [3.05, 3.63) is 52.5 Å². The lowest BCUT2D eigenvalue weighted by Crippen LogP contribution is -2.22. The highest BCUT2D eigenvalue weighted by atomic mass is 35.5. The molecule has 1 N–H and O–H groups in total. The first kappa shape index (κ1) is 19.0. The number of sulfonamides is 2. The van der Waals surface area contributed by atoms with Gasteiger partial charge in [-0.3, -0.25) is 4.72 Å². The molecule has 0 bridgehead atoms. The van der Waals surface area contributed by atoms with Crippen molar-refractivity contribution in [3.8, 4) is 0 Å². The molecule has 24 heavy (non-hydrogen) atoms. The minimum atomic E-state index is -4.02. The standard InChI is InChI=1S/C14H14Cl2N2O4S2/c1-18(2)24(21,22)12-5-3-4-11(9-12)17-23(19,20)14-8-10(15)6-7-13(14)16/h3-9,17H,1-2H3. The second-order valence-corrected chi connectivity index (χ2v) is 9.64. The van der Waals surface area contributed by atoms with E-state index >= 15 is 0 Å². The van der Waals surface area contributed by atoms with Crippen LogP contribution in [0.5, 0.6) is 0 Å². The normalized spacial score (nSPS) is 12.4. The van der Waals surface area contributed by atoms with Gasteiger partial charge in [0, 0.05) is 19.1 Å². The molecule has 2 aromatic carbocycles. The van der Waals surface area contributed by atoms with E-state index in [1.54, 1.807) is 0 Å². The summed E-state index contributed by atoms with van der Waals surface area (Å²) in [5, 5.41) is 0.215. The molecule has 0 aliphatic heterocycles. The van der Waals surface area contributed by atoms with Crippen LogP contribution >= 0.6 is 23.2 Å². The second kappa shape index (κ2) is 6.89. The van der Waals surface area contributed by atoms with Crippen LogP contribution in [-0.2, 0) is 20.0 Å². The zero-order valence-corrected chi connectivity index (χ0v) is 15.8. The van der Waals surface area contributed by atoms with Crippen molar-refractivity contribution in [2.24, 2.45) is 0 Å². The monoisotopic (exact) mass is 408 g/mol. The fourth-order valence-electron chi connectivity index (χ4n) is 1.82. The smallest absolute Gasteiger partial charge is 0.263 e. The van der Waals surface area contributed by atoms with Crippen molar-refractivity contribution in [3.63, 3.8) is 0 Å². The molecule has 0 amide bonds. The Kier molecular flexibility index (Phi) is 5.46. The molecule has 2 rings (SSSR count). The molecular formula is C14H14Cl2N2O4S2. The Morgan fingerprint density at radius 2 is 1.62 bits per heavy atom. The van der Waals surface area contributed by atoms with Gasteiger partial charge in [-0.15, -0.1) is 0 Å². The molecule has 130 valence electrons. The highest BCUT2D eigenvalue weighted by molar-refractivity contribution is 7.93. The van der Waals surface area contributed by atoms with Crippen LogP contribution in [0.1, 0.15) is 0 Å². The van der Waals surface area contributed by atoms with Gasteiger partial charge in [0.2, 0.25) is 10.0 Å². The van der Waals surface area contributed by atoms with Gasteiger partial charge in [-0.25, -0.2) is 21.1 Å². The van der Waals surface area contributed by atoms with E-state index in [4.69, 9.17) is 23.2 Å². The first-order valence-electron chi connectivity index (χ1n) is 6.54. The Bertz CT molecular complexity index is 974. The summed E-state index contributed by atoms with van der Waals surface area (Å²) in [7, 11) is -4.93. The SMILES string of the molecule is CN(C)S(=O)(=O)c1cccc(NS(=O)(=O)c2cc(Cl)ccc2Cl)c1. The molecule has 0 saturated heterocycles. The molecule has 0 aromatic heterocycles. The van der Waals surface area contributed by atoms with Crippen LogP contribution < -0.4 is 4.72 Å². The number of anilines is 1. The van der Waals surface area contributed by atoms with Gasteiger partial charge in [-0.1, -0.05) is 29.3 Å². The van der Waals surface area contributed by atoms with Gasteiger partial charge in [0.1, 0.15) is 4.90 Å². The molecule has 0 fully saturated rings. The summed E-state index contributed by atoms with van der Waals surface area (Å²) >= 11 is 11.7. The number of benzene rings is 2. The topological polar surface area (TPSA) is 83.6 Å². The summed E-state index contributed by atoms with van der Waals surface area (Å²) in [4.78, 5) is -0.234. The van der Waals surface area contributed by atoms with Gasteiger partial charge >= 0.3 is 0 Å². The van der Waals surface area contributed by atoms with Crippen LogP contribution in [0.4, 0.5) is 5.69 Å². The van der Waals surface area contributed by atoms with E-state index in [2.05, 4.69) is 4.72 Å². The van der Waals surface area contributed by atoms with Crippen LogP contribution in [0.2, 0.25) is 10.0 Å². The third-order valence-electron chi connectivity index (χ3n) is 3.05. The van der Waals surface area contributed by atoms with Crippen molar-refractivity contribution >= 4 is 48.9 Å². The first-order chi connectivity index (χ1) is 11.0. The van der Waals surface area contributed by atoms with Gasteiger partial charge in [0.05, 0.1) is 15.6 Å². The van der Waals surface area contributed by atoms with Crippen LogP contribution in [0.15, 0.2) is 52.3 Å². The van der Waals surface area contributed by atoms with E-state index in [1.165, 1.54) is 56.6 Å². The summed E-state index contributed by atoms with van der Waals surface area (Å²) in [6.07, 6.45) is 0. The first-order valence-corrected chi connectivity index (χ1v) is 10.2. The minimum absolute atomic E-state index is 0.00367. The highest BCUT2D eigenvalue weighted by Crippen LogP contribution is 2.27. The number of hydrogen-bond donors (Lipinski definition) is 1. The molecule has 0 heterocycles. The maximum Gasteiger partial charge on any atom is 0.263 e. The van der Waals surface area contributed by atoms with E-state index in [0.29, 0.717) is 0 Å². The molecule has 0 atom stereocenters. The maximum absolute atomic E-state index is 12.5. The number of nitrogens with zero attached hydrogens (tertiary/aromatic N) is 1. The Morgan fingerprint density at radius 1 is 0.958 bits per heavy atom. The Hall–Kier alpha value is -1.32. The number of rotatable bonds is 5. The van der Waals surface area contributed by atoms with E-state index in [1.807, 2.05) is 0 Å². The highest BCUT2D eigenvalue weighted by Gasteiger charge is 2.21. The van der Waals surface area contributed by atoms with Gasteiger partial charge in [-0.05, 0) is 36.4 Å². The molecule has 6 nitrogen and oxygen atoms in total. The quantitative estimate of drug-likeness (QED) is 0.823. The van der Waals surface area contributed by atoms with E-state index in [9.17, 15) is 16.8 Å². The van der Waals surface area contributed by atoms with Crippen LogP contribution in [-0.4, -0.2) is 35.2 Å². The molecule has 0 aliphatic carbocycles. The summed E-state index contributed by atoms with van der Waals surface area (Å²) in [5.41, 5.74) is 0.0916. The Labute approximate surface area is 151 Å². The lowest BCUT2D eigenvalue weighted by molar-refractivity contribution is 0.521. The average molecular weight is 409 g/mol. The Morgan fingerprint density at radius 3 is 2.25 bits per heavy atom. The van der Waals surface area contributed by atoms with Crippen LogP contribution in [0.3, 0.4) is 0 Å². The Balaban J connectivity index is 2.43. The van der Waals surface area contributed by atoms with Crippen molar-refractivity contribution in [1.29, 1.82) is 0 Å². The lowest BCUT2D eigenvalue weighted by atomic mass is 10.3. The summed E-state index contributed by atoms with van der Waals surface area (Å²) < 4.78 is 52.5. The average Bonchev–Trinajstić information content (AvgIpc) is 2.49. The number of halogens is 2. The summed E-state index contributed by atoms with van der Waals surface area (Å²) in [6, 6.07) is 9.52. The second-order valence-electron chi connectivity index (χ2n) is 5.00. The molecule has 0 radical (unpaired) electrons. The zero-order valence-electron chi connectivity index (χ0n) is 12.7. The molecule has 0 saturated carbocycles. The maximum atomic E-state index is 12.5. The van der Waals surface area contributed by atoms with Crippen molar-refractivity contribution < 1.29 is 16.8 Å².